The lowest BCUT2D eigenvalue weighted by Crippen LogP contribution is -2.42. The average Bonchev–Trinajstić information content (AvgIpc) is 2.64. The van der Waals surface area contributed by atoms with Gasteiger partial charge in [0.1, 0.15) is 0 Å². The minimum absolute atomic E-state index is 0.366. The molecule has 1 aromatic heterocycles. The molecule has 1 saturated carbocycles. The second kappa shape index (κ2) is 4.77. The van der Waals surface area contributed by atoms with Crippen LogP contribution in [0.1, 0.15) is 57.7 Å². The zero-order valence-corrected chi connectivity index (χ0v) is 11.1. The fourth-order valence-corrected chi connectivity index (χ4v) is 3.00. The molecule has 0 bridgehead atoms. The van der Waals surface area contributed by atoms with Crippen LogP contribution in [0.25, 0.3) is 0 Å². The van der Waals surface area contributed by atoms with Gasteiger partial charge in [-0.2, -0.15) is 4.98 Å². The Morgan fingerprint density at radius 2 is 2.29 bits per heavy atom. The van der Waals surface area contributed by atoms with Gasteiger partial charge in [-0.25, -0.2) is 0 Å². The van der Waals surface area contributed by atoms with Gasteiger partial charge in [-0.1, -0.05) is 31.8 Å². The summed E-state index contributed by atoms with van der Waals surface area (Å²) in [6.07, 6.45) is 5.66. The van der Waals surface area contributed by atoms with Crippen molar-refractivity contribution in [2.45, 2.75) is 58.4 Å². The zero-order chi connectivity index (χ0) is 12.5. The van der Waals surface area contributed by atoms with Crippen molar-refractivity contribution in [1.82, 2.24) is 10.1 Å². The average molecular weight is 237 g/mol. The van der Waals surface area contributed by atoms with Gasteiger partial charge in [0.05, 0.1) is 5.54 Å². The van der Waals surface area contributed by atoms with E-state index in [0.29, 0.717) is 17.6 Å². The summed E-state index contributed by atoms with van der Waals surface area (Å²) in [6, 6.07) is 0. The summed E-state index contributed by atoms with van der Waals surface area (Å²) in [5.74, 6) is 2.74. The molecule has 0 radical (unpaired) electrons. The summed E-state index contributed by atoms with van der Waals surface area (Å²) in [5.41, 5.74) is 6.11. The van der Waals surface area contributed by atoms with Crippen molar-refractivity contribution in [2.24, 2.45) is 17.6 Å². The third-order valence-corrected chi connectivity index (χ3v) is 3.67. The number of nitrogens with two attached hydrogens (primary N) is 1. The molecule has 2 atom stereocenters. The monoisotopic (exact) mass is 237 g/mol. The van der Waals surface area contributed by atoms with Crippen molar-refractivity contribution in [3.8, 4) is 0 Å². The maximum Gasteiger partial charge on any atom is 0.223 e. The molecular weight excluding hydrogens is 214 g/mol. The zero-order valence-electron chi connectivity index (χ0n) is 11.1. The van der Waals surface area contributed by atoms with E-state index in [-0.39, 0.29) is 5.54 Å². The minimum atomic E-state index is -0.366. The Labute approximate surface area is 103 Å². The Morgan fingerprint density at radius 1 is 1.53 bits per heavy atom. The molecule has 1 heterocycles. The van der Waals surface area contributed by atoms with Gasteiger partial charge < -0.3 is 10.3 Å². The van der Waals surface area contributed by atoms with Gasteiger partial charge >= 0.3 is 0 Å². The number of rotatable bonds is 3. The van der Waals surface area contributed by atoms with Gasteiger partial charge in [-0.3, -0.25) is 0 Å². The molecular formula is C13H23N3O. The van der Waals surface area contributed by atoms with Crippen molar-refractivity contribution in [1.29, 1.82) is 0 Å². The van der Waals surface area contributed by atoms with Gasteiger partial charge in [0.15, 0.2) is 5.82 Å². The van der Waals surface area contributed by atoms with E-state index in [0.717, 1.165) is 18.8 Å². The second-order valence-corrected chi connectivity index (χ2v) is 5.89. The molecule has 4 heteroatoms. The van der Waals surface area contributed by atoms with Crippen molar-refractivity contribution in [2.75, 3.05) is 0 Å². The Morgan fingerprint density at radius 3 is 2.88 bits per heavy atom. The molecule has 2 unspecified atom stereocenters. The molecule has 0 aromatic carbocycles. The third-order valence-electron chi connectivity index (χ3n) is 3.67. The van der Waals surface area contributed by atoms with E-state index in [1.807, 2.05) is 6.92 Å². The maximum absolute atomic E-state index is 6.47. The molecule has 0 amide bonds. The largest absolute Gasteiger partial charge is 0.340 e. The number of hydrogen-bond acceptors (Lipinski definition) is 4. The van der Waals surface area contributed by atoms with Crippen LogP contribution in [0, 0.1) is 18.8 Å². The first-order chi connectivity index (χ1) is 7.99. The van der Waals surface area contributed by atoms with Crippen molar-refractivity contribution >= 4 is 0 Å². The molecule has 1 aromatic rings. The van der Waals surface area contributed by atoms with Crippen LogP contribution in [0.5, 0.6) is 0 Å². The van der Waals surface area contributed by atoms with Crippen LogP contribution in [-0.2, 0) is 5.54 Å². The van der Waals surface area contributed by atoms with E-state index in [1.165, 1.54) is 19.3 Å². The van der Waals surface area contributed by atoms with Crippen LogP contribution in [0.2, 0.25) is 0 Å². The normalized spacial score (nSPS) is 29.8. The van der Waals surface area contributed by atoms with E-state index in [4.69, 9.17) is 10.3 Å². The van der Waals surface area contributed by atoms with Crippen LogP contribution in [0.3, 0.4) is 0 Å². The fourth-order valence-electron chi connectivity index (χ4n) is 3.00. The van der Waals surface area contributed by atoms with Gasteiger partial charge in [0, 0.05) is 6.92 Å². The van der Waals surface area contributed by atoms with Gasteiger partial charge in [0.2, 0.25) is 5.89 Å². The highest BCUT2D eigenvalue weighted by atomic mass is 16.5. The van der Waals surface area contributed by atoms with Crippen molar-refractivity contribution < 1.29 is 4.52 Å². The molecule has 1 fully saturated rings. The Balaban J connectivity index is 2.09. The topological polar surface area (TPSA) is 64.9 Å². The molecule has 0 spiro atoms. The summed E-state index contributed by atoms with van der Waals surface area (Å²) < 4.78 is 5.06. The summed E-state index contributed by atoms with van der Waals surface area (Å²) in [4.78, 5) is 4.32. The Hall–Kier alpha value is -0.900. The van der Waals surface area contributed by atoms with Crippen LogP contribution in [0.4, 0.5) is 0 Å². The summed E-state index contributed by atoms with van der Waals surface area (Å²) >= 11 is 0. The highest BCUT2D eigenvalue weighted by Crippen LogP contribution is 2.39. The molecule has 17 heavy (non-hydrogen) atoms. The van der Waals surface area contributed by atoms with Gasteiger partial charge in [-0.15, -0.1) is 0 Å². The van der Waals surface area contributed by atoms with Crippen LogP contribution >= 0.6 is 0 Å². The van der Waals surface area contributed by atoms with Crippen molar-refractivity contribution in [3.05, 3.63) is 11.7 Å². The first kappa shape index (κ1) is 12.6. The number of aromatic nitrogens is 2. The summed E-state index contributed by atoms with van der Waals surface area (Å²) in [7, 11) is 0. The predicted octanol–water partition coefficient (Wildman–Crippen LogP) is 2.77. The summed E-state index contributed by atoms with van der Waals surface area (Å²) in [5, 5.41) is 4.01. The van der Waals surface area contributed by atoms with Gasteiger partial charge in [-0.05, 0) is 31.1 Å². The highest BCUT2D eigenvalue weighted by Gasteiger charge is 2.38. The quantitative estimate of drug-likeness (QED) is 0.878. The molecule has 1 aliphatic carbocycles. The van der Waals surface area contributed by atoms with E-state index < -0.39 is 0 Å². The lowest BCUT2D eigenvalue weighted by Gasteiger charge is -2.36. The molecule has 1 aliphatic rings. The molecule has 2 N–H and O–H groups in total. The van der Waals surface area contributed by atoms with E-state index in [2.05, 4.69) is 24.0 Å². The first-order valence-electron chi connectivity index (χ1n) is 6.59. The highest BCUT2D eigenvalue weighted by molar-refractivity contribution is 5.06. The number of nitrogens with zero attached hydrogens (tertiary/aromatic N) is 2. The smallest absolute Gasteiger partial charge is 0.223 e. The Bertz CT molecular complexity index is 374. The molecule has 0 aliphatic heterocycles. The van der Waals surface area contributed by atoms with Crippen molar-refractivity contribution in [3.63, 3.8) is 0 Å². The molecule has 2 rings (SSSR count). The van der Waals surface area contributed by atoms with Gasteiger partial charge in [0.25, 0.3) is 0 Å². The Kier molecular flexibility index (Phi) is 3.52. The first-order valence-corrected chi connectivity index (χ1v) is 6.59. The van der Waals surface area contributed by atoms with E-state index in [1.54, 1.807) is 0 Å². The molecule has 96 valence electrons. The minimum Gasteiger partial charge on any atom is -0.340 e. The number of aryl methyl sites for hydroxylation is 1. The van der Waals surface area contributed by atoms with E-state index in [9.17, 15) is 0 Å². The molecule has 4 nitrogen and oxygen atoms in total. The lowest BCUT2D eigenvalue weighted by atomic mass is 9.73. The fraction of sp³-hybridized carbons (Fsp3) is 0.846. The summed E-state index contributed by atoms with van der Waals surface area (Å²) in [6.45, 7) is 6.35. The van der Waals surface area contributed by atoms with E-state index >= 15 is 0 Å². The second-order valence-electron chi connectivity index (χ2n) is 5.89. The standard InChI is InChI=1S/C13H23N3O/c1-9(2)7-11-5-4-6-13(14,8-11)12-15-10(3)17-16-12/h9,11H,4-8,14H2,1-3H3. The van der Waals surface area contributed by atoms with Crippen LogP contribution in [0.15, 0.2) is 4.52 Å². The third kappa shape index (κ3) is 2.86. The van der Waals surface area contributed by atoms with Crippen LogP contribution in [-0.4, -0.2) is 10.1 Å². The maximum atomic E-state index is 6.47. The SMILES string of the molecule is Cc1nc(C2(N)CCCC(CC(C)C)C2)no1. The van der Waals surface area contributed by atoms with Crippen LogP contribution < -0.4 is 5.73 Å². The number of hydrogen-bond donors (Lipinski definition) is 1. The molecule has 0 saturated heterocycles. The lowest BCUT2D eigenvalue weighted by molar-refractivity contribution is 0.190. The predicted molar refractivity (Wildman–Crippen MR) is 66.3 cm³/mol.